The highest BCUT2D eigenvalue weighted by atomic mass is 32.1. The standard InChI is InChI=1S/C24H28N8OS/c1-17-14-21(29-22(27-17)19-4-3-11-32(15-19)13-8-25)30-24-28-20(16-34-24)23(33)31(2)12-7-18-5-9-26-10-6-18/h5-6,9-10,14,16,19H,3-4,7,11-13,15H2,1-2H3,(H,27,28,29,30)/t19-/m1/s1. The SMILES string of the molecule is Cc1cc(Nc2nc(C(=O)N(C)CCc3ccncc3)cs2)nc([C@@H]2CCCN(CC#N)C2)n1. The van der Waals surface area contributed by atoms with Gasteiger partial charge in [-0.05, 0) is 50.4 Å². The van der Waals surface area contributed by atoms with E-state index < -0.39 is 0 Å². The Morgan fingerprint density at radius 3 is 2.94 bits per heavy atom. The van der Waals surface area contributed by atoms with Crippen molar-refractivity contribution in [3.05, 3.63) is 58.7 Å². The highest BCUT2D eigenvalue weighted by Crippen LogP contribution is 2.27. The fraction of sp³-hybridized carbons (Fsp3) is 0.417. The van der Waals surface area contributed by atoms with E-state index >= 15 is 0 Å². The molecule has 4 heterocycles. The molecule has 10 heteroatoms. The third-order valence-electron chi connectivity index (χ3n) is 5.83. The van der Waals surface area contributed by atoms with Crippen LogP contribution in [0.1, 0.15) is 46.3 Å². The Kier molecular flexibility index (Phi) is 7.77. The van der Waals surface area contributed by atoms with Crippen molar-refractivity contribution < 1.29 is 4.79 Å². The Morgan fingerprint density at radius 1 is 1.32 bits per heavy atom. The van der Waals surface area contributed by atoms with Crippen molar-refractivity contribution in [2.45, 2.75) is 32.1 Å². The lowest BCUT2D eigenvalue weighted by molar-refractivity contribution is 0.0792. The molecule has 4 rings (SSSR count). The average molecular weight is 477 g/mol. The lowest BCUT2D eigenvalue weighted by atomic mass is 9.97. The van der Waals surface area contributed by atoms with Crippen LogP contribution in [-0.4, -0.2) is 68.9 Å². The van der Waals surface area contributed by atoms with Crippen LogP contribution in [0.15, 0.2) is 36.0 Å². The highest BCUT2D eigenvalue weighted by molar-refractivity contribution is 7.14. The minimum absolute atomic E-state index is 0.113. The Bertz CT molecular complexity index is 1160. The van der Waals surface area contributed by atoms with Gasteiger partial charge in [-0.3, -0.25) is 14.7 Å². The second-order valence-corrected chi connectivity index (χ2v) is 9.34. The number of carbonyl (C=O) groups is 1. The molecular formula is C24H28N8OS. The van der Waals surface area contributed by atoms with Gasteiger partial charge in [0.1, 0.15) is 17.3 Å². The molecule has 0 bridgehead atoms. The Morgan fingerprint density at radius 2 is 2.15 bits per heavy atom. The Labute approximate surface area is 203 Å². The predicted molar refractivity (Wildman–Crippen MR) is 131 cm³/mol. The Balaban J connectivity index is 1.39. The zero-order chi connectivity index (χ0) is 23.9. The molecule has 3 aromatic heterocycles. The molecule has 0 unspecified atom stereocenters. The van der Waals surface area contributed by atoms with Gasteiger partial charge in [0.15, 0.2) is 5.13 Å². The van der Waals surface area contributed by atoms with Gasteiger partial charge in [0, 0.05) is 55.6 Å². The van der Waals surface area contributed by atoms with Gasteiger partial charge < -0.3 is 10.2 Å². The maximum absolute atomic E-state index is 12.8. The van der Waals surface area contributed by atoms with Gasteiger partial charge >= 0.3 is 0 Å². The van der Waals surface area contributed by atoms with E-state index in [0.717, 1.165) is 49.4 Å². The smallest absolute Gasteiger partial charge is 0.273 e. The van der Waals surface area contributed by atoms with Gasteiger partial charge in [0.05, 0.1) is 12.6 Å². The summed E-state index contributed by atoms with van der Waals surface area (Å²) in [6.07, 6.45) is 6.31. The molecule has 0 aromatic carbocycles. The number of piperidine rings is 1. The fourth-order valence-corrected chi connectivity index (χ4v) is 4.72. The van der Waals surface area contributed by atoms with E-state index in [4.69, 9.17) is 10.2 Å². The third-order valence-corrected chi connectivity index (χ3v) is 6.58. The number of amides is 1. The van der Waals surface area contributed by atoms with Gasteiger partial charge in [-0.15, -0.1) is 11.3 Å². The monoisotopic (exact) mass is 476 g/mol. The van der Waals surface area contributed by atoms with Gasteiger partial charge in [-0.1, -0.05) is 0 Å². The molecule has 0 aliphatic carbocycles. The van der Waals surface area contributed by atoms with Gasteiger partial charge in [0.25, 0.3) is 5.91 Å². The number of thiazole rings is 1. The topological polar surface area (TPSA) is 111 Å². The molecule has 9 nitrogen and oxygen atoms in total. The molecule has 0 radical (unpaired) electrons. The largest absolute Gasteiger partial charge is 0.340 e. The van der Waals surface area contributed by atoms with Crippen molar-refractivity contribution >= 4 is 28.2 Å². The number of anilines is 2. The first-order valence-corrected chi connectivity index (χ1v) is 12.2. The van der Waals surface area contributed by atoms with Crippen molar-refractivity contribution in [2.24, 2.45) is 0 Å². The summed E-state index contributed by atoms with van der Waals surface area (Å²) in [6.45, 7) is 4.70. The molecule has 3 aromatic rings. The van der Waals surface area contributed by atoms with E-state index in [-0.39, 0.29) is 11.8 Å². The van der Waals surface area contributed by atoms with E-state index in [2.05, 4.69) is 31.2 Å². The van der Waals surface area contributed by atoms with E-state index in [9.17, 15) is 4.79 Å². The minimum atomic E-state index is -0.113. The first-order valence-electron chi connectivity index (χ1n) is 11.3. The maximum atomic E-state index is 12.8. The van der Waals surface area contributed by atoms with Crippen LogP contribution >= 0.6 is 11.3 Å². The summed E-state index contributed by atoms with van der Waals surface area (Å²) in [5.74, 6) is 1.54. The number of aromatic nitrogens is 4. The summed E-state index contributed by atoms with van der Waals surface area (Å²) in [4.78, 5) is 34.5. The number of aryl methyl sites for hydroxylation is 1. The molecule has 176 valence electrons. The third kappa shape index (κ3) is 6.12. The normalized spacial score (nSPS) is 16.1. The maximum Gasteiger partial charge on any atom is 0.273 e. The summed E-state index contributed by atoms with van der Waals surface area (Å²) >= 11 is 1.38. The number of carbonyl (C=O) groups excluding carboxylic acids is 1. The summed E-state index contributed by atoms with van der Waals surface area (Å²) in [5.41, 5.74) is 2.42. The first-order chi connectivity index (χ1) is 16.5. The van der Waals surface area contributed by atoms with Crippen molar-refractivity contribution in [1.82, 2.24) is 29.7 Å². The van der Waals surface area contributed by atoms with Crippen molar-refractivity contribution in [1.29, 1.82) is 5.26 Å². The average Bonchev–Trinajstić information content (AvgIpc) is 3.31. The first kappa shape index (κ1) is 23.7. The predicted octanol–water partition coefficient (Wildman–Crippen LogP) is 3.40. The van der Waals surface area contributed by atoms with Crippen LogP contribution in [0.5, 0.6) is 0 Å². The van der Waals surface area contributed by atoms with Crippen LogP contribution in [0.4, 0.5) is 10.9 Å². The molecule has 1 aliphatic heterocycles. The second kappa shape index (κ2) is 11.1. The van der Waals surface area contributed by atoms with Crippen molar-refractivity contribution in [3.63, 3.8) is 0 Å². The molecule has 1 fully saturated rings. The minimum Gasteiger partial charge on any atom is -0.340 e. The number of hydrogen-bond donors (Lipinski definition) is 1. The lowest BCUT2D eigenvalue weighted by Crippen LogP contribution is -2.35. The number of rotatable bonds is 8. The second-order valence-electron chi connectivity index (χ2n) is 8.48. The lowest BCUT2D eigenvalue weighted by Gasteiger charge is -2.30. The molecule has 0 saturated carbocycles. The molecule has 1 N–H and O–H groups in total. The summed E-state index contributed by atoms with van der Waals surface area (Å²) in [7, 11) is 1.79. The van der Waals surface area contributed by atoms with E-state index in [1.54, 1.807) is 29.7 Å². The van der Waals surface area contributed by atoms with Crippen molar-refractivity contribution in [2.75, 3.05) is 38.5 Å². The van der Waals surface area contributed by atoms with Gasteiger partial charge in [0.2, 0.25) is 0 Å². The number of likely N-dealkylation sites (N-methyl/N-ethyl adjacent to an activating group) is 1. The zero-order valence-corrected chi connectivity index (χ0v) is 20.3. The Hall–Kier alpha value is -3.42. The number of pyridine rings is 1. The molecule has 1 atom stereocenters. The van der Waals surface area contributed by atoms with E-state index in [0.29, 0.717) is 29.7 Å². The van der Waals surface area contributed by atoms with Crippen molar-refractivity contribution in [3.8, 4) is 6.07 Å². The molecule has 1 saturated heterocycles. The molecule has 1 aliphatic rings. The van der Waals surface area contributed by atoms with Crippen LogP contribution in [0, 0.1) is 18.3 Å². The van der Waals surface area contributed by atoms with Crippen LogP contribution < -0.4 is 5.32 Å². The van der Waals surface area contributed by atoms with E-state index in [1.165, 1.54) is 11.3 Å². The quantitative estimate of drug-likeness (QED) is 0.493. The molecule has 0 spiro atoms. The number of nitrogens with zero attached hydrogens (tertiary/aromatic N) is 7. The number of likely N-dealkylation sites (tertiary alicyclic amines) is 1. The van der Waals surface area contributed by atoms with Crippen LogP contribution in [0.2, 0.25) is 0 Å². The number of nitrogens with one attached hydrogen (secondary N) is 1. The van der Waals surface area contributed by atoms with Crippen LogP contribution in [0.25, 0.3) is 0 Å². The molecule has 34 heavy (non-hydrogen) atoms. The fourth-order valence-electron chi connectivity index (χ4n) is 4.03. The summed E-state index contributed by atoms with van der Waals surface area (Å²) < 4.78 is 0. The molecular weight excluding hydrogens is 448 g/mol. The number of nitriles is 1. The summed E-state index contributed by atoms with van der Waals surface area (Å²) in [5, 5.41) is 14.6. The van der Waals surface area contributed by atoms with Crippen LogP contribution in [0.3, 0.4) is 0 Å². The van der Waals surface area contributed by atoms with Crippen LogP contribution in [-0.2, 0) is 6.42 Å². The van der Waals surface area contributed by atoms with Gasteiger partial charge in [-0.2, -0.15) is 5.26 Å². The highest BCUT2D eigenvalue weighted by Gasteiger charge is 2.24. The zero-order valence-electron chi connectivity index (χ0n) is 19.4. The number of hydrogen-bond acceptors (Lipinski definition) is 9. The van der Waals surface area contributed by atoms with Gasteiger partial charge in [-0.25, -0.2) is 15.0 Å². The molecule has 1 amide bonds. The van der Waals surface area contributed by atoms with E-state index in [1.807, 2.05) is 25.1 Å². The summed E-state index contributed by atoms with van der Waals surface area (Å²) in [6, 6.07) is 8.02.